The van der Waals surface area contributed by atoms with E-state index in [2.05, 4.69) is 25.4 Å². The summed E-state index contributed by atoms with van der Waals surface area (Å²) in [4.78, 5) is 12.8. The predicted molar refractivity (Wildman–Crippen MR) is 99.0 cm³/mol. The Labute approximate surface area is 148 Å². The zero-order valence-corrected chi connectivity index (χ0v) is 13.9. The molecule has 0 aliphatic heterocycles. The van der Waals surface area contributed by atoms with Gasteiger partial charge in [-0.05, 0) is 24.3 Å². The number of benzene rings is 1. The lowest BCUT2D eigenvalue weighted by atomic mass is 10.2. The lowest BCUT2D eigenvalue weighted by Gasteiger charge is -2.08. The molecule has 5 rings (SSSR count). The van der Waals surface area contributed by atoms with E-state index < -0.39 is 0 Å². The fourth-order valence-electron chi connectivity index (χ4n) is 3.07. The molecule has 4 aromatic heterocycles. The molecule has 5 aromatic rings. The van der Waals surface area contributed by atoms with Crippen LogP contribution < -0.4 is 5.32 Å². The normalized spacial score (nSPS) is 11.3. The SMILES string of the molecule is Cn1ncc2c(Nc3c(-c4ncccn4)oc4cnccc34)cccc21. The minimum absolute atomic E-state index is 0.518. The first-order valence-corrected chi connectivity index (χ1v) is 8.13. The first-order valence-electron chi connectivity index (χ1n) is 8.13. The van der Waals surface area contributed by atoms with Gasteiger partial charge < -0.3 is 9.73 Å². The molecule has 4 heterocycles. The number of nitrogens with zero attached hydrogens (tertiary/aromatic N) is 5. The Morgan fingerprint density at radius 1 is 0.962 bits per heavy atom. The van der Waals surface area contributed by atoms with Crippen molar-refractivity contribution in [2.75, 3.05) is 5.32 Å². The molecule has 0 radical (unpaired) electrons. The molecule has 0 atom stereocenters. The Morgan fingerprint density at radius 2 is 1.85 bits per heavy atom. The molecule has 26 heavy (non-hydrogen) atoms. The van der Waals surface area contributed by atoms with Crippen molar-refractivity contribution in [2.45, 2.75) is 0 Å². The third-order valence-corrected chi connectivity index (χ3v) is 4.31. The molecule has 0 saturated carbocycles. The van der Waals surface area contributed by atoms with Crippen LogP contribution in [0.15, 0.2) is 65.7 Å². The molecule has 1 aromatic carbocycles. The second-order valence-corrected chi connectivity index (χ2v) is 5.88. The van der Waals surface area contributed by atoms with Gasteiger partial charge in [0.15, 0.2) is 17.2 Å². The van der Waals surface area contributed by atoms with E-state index in [-0.39, 0.29) is 0 Å². The summed E-state index contributed by atoms with van der Waals surface area (Å²) < 4.78 is 7.85. The minimum atomic E-state index is 0.518. The Bertz CT molecular complexity index is 1220. The van der Waals surface area contributed by atoms with Crippen LogP contribution in [0.5, 0.6) is 0 Å². The van der Waals surface area contributed by atoms with E-state index in [4.69, 9.17) is 4.42 Å². The van der Waals surface area contributed by atoms with Gasteiger partial charge in [-0.3, -0.25) is 9.67 Å². The van der Waals surface area contributed by atoms with Crippen molar-refractivity contribution in [1.82, 2.24) is 24.7 Å². The maximum Gasteiger partial charge on any atom is 0.197 e. The number of pyridine rings is 1. The number of aromatic nitrogens is 5. The molecule has 7 nitrogen and oxygen atoms in total. The van der Waals surface area contributed by atoms with Gasteiger partial charge in [-0.15, -0.1) is 0 Å². The van der Waals surface area contributed by atoms with E-state index in [9.17, 15) is 0 Å². The fourth-order valence-corrected chi connectivity index (χ4v) is 3.07. The highest BCUT2D eigenvalue weighted by molar-refractivity contribution is 6.02. The van der Waals surface area contributed by atoms with Crippen LogP contribution in [0.1, 0.15) is 0 Å². The average molecular weight is 342 g/mol. The molecule has 0 amide bonds. The van der Waals surface area contributed by atoms with Gasteiger partial charge >= 0.3 is 0 Å². The molecule has 126 valence electrons. The van der Waals surface area contributed by atoms with Gasteiger partial charge in [0, 0.05) is 42.1 Å². The Balaban J connectivity index is 1.73. The van der Waals surface area contributed by atoms with Crippen molar-refractivity contribution in [1.29, 1.82) is 0 Å². The molecule has 0 bridgehead atoms. The average Bonchev–Trinajstić information content (AvgIpc) is 3.25. The third kappa shape index (κ3) is 2.21. The highest BCUT2D eigenvalue weighted by Gasteiger charge is 2.19. The molecule has 0 spiro atoms. The Kier molecular flexibility index (Phi) is 3.18. The smallest absolute Gasteiger partial charge is 0.197 e. The summed E-state index contributed by atoms with van der Waals surface area (Å²) in [5.74, 6) is 1.10. The standard InChI is InChI=1S/C19H14N6O/c1-25-15-5-2-4-14(13(15)10-23-25)24-17-12-6-9-20-11-16(12)26-18(17)19-21-7-3-8-22-19/h2-11,24H,1H3. The van der Waals surface area contributed by atoms with Crippen LogP contribution in [0.4, 0.5) is 11.4 Å². The van der Waals surface area contributed by atoms with Gasteiger partial charge in [-0.2, -0.15) is 5.10 Å². The van der Waals surface area contributed by atoms with Crippen LogP contribution in [-0.2, 0) is 7.05 Å². The Hall–Kier alpha value is -3.74. The van der Waals surface area contributed by atoms with Crippen molar-refractivity contribution in [3.05, 3.63) is 61.3 Å². The molecule has 1 N–H and O–H groups in total. The van der Waals surface area contributed by atoms with Crippen molar-refractivity contribution in [3.63, 3.8) is 0 Å². The number of rotatable bonds is 3. The topological polar surface area (TPSA) is 81.7 Å². The molecule has 0 aliphatic rings. The highest BCUT2D eigenvalue weighted by atomic mass is 16.3. The quantitative estimate of drug-likeness (QED) is 0.535. The molecule has 0 saturated heterocycles. The van der Waals surface area contributed by atoms with Gasteiger partial charge in [0.05, 0.1) is 23.6 Å². The zero-order valence-electron chi connectivity index (χ0n) is 13.9. The van der Waals surface area contributed by atoms with E-state index in [1.54, 1.807) is 30.9 Å². The lowest BCUT2D eigenvalue weighted by molar-refractivity contribution is 0.624. The first kappa shape index (κ1) is 14.6. The number of nitrogens with one attached hydrogen (secondary N) is 1. The van der Waals surface area contributed by atoms with E-state index in [1.807, 2.05) is 42.2 Å². The second kappa shape index (κ2) is 5.66. The van der Waals surface area contributed by atoms with Gasteiger partial charge in [0.25, 0.3) is 0 Å². The van der Waals surface area contributed by atoms with E-state index >= 15 is 0 Å². The van der Waals surface area contributed by atoms with Crippen LogP contribution in [0, 0.1) is 0 Å². The third-order valence-electron chi connectivity index (χ3n) is 4.31. The van der Waals surface area contributed by atoms with Gasteiger partial charge in [0.1, 0.15) is 0 Å². The van der Waals surface area contributed by atoms with E-state index in [0.717, 1.165) is 27.7 Å². The van der Waals surface area contributed by atoms with Crippen LogP contribution >= 0.6 is 0 Å². The second-order valence-electron chi connectivity index (χ2n) is 5.88. The largest absolute Gasteiger partial charge is 0.449 e. The van der Waals surface area contributed by atoms with Gasteiger partial charge in [-0.25, -0.2) is 9.97 Å². The van der Waals surface area contributed by atoms with Crippen LogP contribution in [0.3, 0.4) is 0 Å². The maximum absolute atomic E-state index is 6.00. The monoisotopic (exact) mass is 342 g/mol. The molecule has 0 fully saturated rings. The molecule has 0 aliphatic carbocycles. The number of hydrogen-bond donors (Lipinski definition) is 1. The van der Waals surface area contributed by atoms with Crippen LogP contribution in [-0.4, -0.2) is 24.7 Å². The number of furan rings is 1. The van der Waals surface area contributed by atoms with Crippen molar-refractivity contribution in [2.24, 2.45) is 7.05 Å². The van der Waals surface area contributed by atoms with Gasteiger partial charge in [-0.1, -0.05) is 6.07 Å². The fraction of sp³-hybridized carbons (Fsp3) is 0.0526. The molecule has 0 unspecified atom stereocenters. The Morgan fingerprint density at radius 3 is 2.73 bits per heavy atom. The highest BCUT2D eigenvalue weighted by Crippen LogP contribution is 2.39. The summed E-state index contributed by atoms with van der Waals surface area (Å²) in [5, 5.41) is 9.79. The summed E-state index contributed by atoms with van der Waals surface area (Å²) in [6.45, 7) is 0. The van der Waals surface area contributed by atoms with Crippen molar-refractivity contribution >= 4 is 33.2 Å². The molecular weight excluding hydrogens is 328 g/mol. The number of anilines is 2. The summed E-state index contributed by atoms with van der Waals surface area (Å²) in [6, 6.07) is 9.73. The summed E-state index contributed by atoms with van der Waals surface area (Å²) >= 11 is 0. The van der Waals surface area contributed by atoms with E-state index in [0.29, 0.717) is 17.2 Å². The maximum atomic E-state index is 6.00. The first-order chi connectivity index (χ1) is 12.8. The number of aryl methyl sites for hydroxylation is 1. The predicted octanol–water partition coefficient (Wildman–Crippen LogP) is 3.92. The number of hydrogen-bond acceptors (Lipinski definition) is 6. The summed E-state index contributed by atoms with van der Waals surface area (Å²) in [7, 11) is 1.92. The minimum Gasteiger partial charge on any atom is -0.449 e. The van der Waals surface area contributed by atoms with Crippen molar-refractivity contribution in [3.8, 4) is 11.6 Å². The van der Waals surface area contributed by atoms with Crippen LogP contribution in [0.25, 0.3) is 33.5 Å². The summed E-state index contributed by atoms with van der Waals surface area (Å²) in [5.41, 5.74) is 3.47. The lowest BCUT2D eigenvalue weighted by Crippen LogP contribution is -1.95. The van der Waals surface area contributed by atoms with Gasteiger partial charge in [0.2, 0.25) is 0 Å². The van der Waals surface area contributed by atoms with Crippen LogP contribution in [0.2, 0.25) is 0 Å². The molecule has 7 heteroatoms. The molecular formula is C19H14N6O. The van der Waals surface area contributed by atoms with Crippen molar-refractivity contribution < 1.29 is 4.42 Å². The zero-order chi connectivity index (χ0) is 17.5. The number of fused-ring (bicyclic) bond motifs is 2. The van der Waals surface area contributed by atoms with E-state index in [1.165, 1.54) is 0 Å². The summed E-state index contributed by atoms with van der Waals surface area (Å²) in [6.07, 6.45) is 8.67.